The summed E-state index contributed by atoms with van der Waals surface area (Å²) in [5.74, 6) is 1.63. The van der Waals surface area contributed by atoms with Crippen LogP contribution in [0.4, 0.5) is 5.82 Å². The molecule has 10 nitrogen and oxygen atoms in total. The van der Waals surface area contributed by atoms with Crippen LogP contribution in [-0.4, -0.2) is 94.9 Å². The Morgan fingerprint density at radius 3 is 2.55 bits per heavy atom. The standard InChI is InChI=1S/C17H24ClN7O3S/c1-22-13(10-24-8-12-7-11(24)9-25(12)29(2,26)27)19-14-15(22)20-17(18)21-16(14)23-3-5-28-6-4-23/h11-12H,3-10H2,1-2H3/t11-,12-/m0/s1. The Kier molecular flexibility index (Phi) is 4.70. The first-order chi connectivity index (χ1) is 13.8. The van der Waals surface area contributed by atoms with E-state index in [1.54, 1.807) is 4.31 Å². The fraction of sp³-hybridized carbons (Fsp3) is 0.706. The van der Waals surface area contributed by atoms with Crippen LogP contribution in [-0.2, 0) is 28.4 Å². The van der Waals surface area contributed by atoms with Crippen molar-refractivity contribution in [1.29, 1.82) is 0 Å². The van der Waals surface area contributed by atoms with E-state index in [4.69, 9.17) is 21.3 Å². The molecule has 0 aromatic carbocycles. The highest BCUT2D eigenvalue weighted by atomic mass is 35.5. The van der Waals surface area contributed by atoms with Gasteiger partial charge in [-0.15, -0.1) is 0 Å². The van der Waals surface area contributed by atoms with Crippen LogP contribution in [0.15, 0.2) is 0 Å². The van der Waals surface area contributed by atoms with Crippen LogP contribution < -0.4 is 4.90 Å². The van der Waals surface area contributed by atoms with E-state index in [0.29, 0.717) is 32.0 Å². The van der Waals surface area contributed by atoms with Crippen LogP contribution in [0.3, 0.4) is 0 Å². The van der Waals surface area contributed by atoms with Crippen molar-refractivity contribution in [3.63, 3.8) is 0 Å². The minimum absolute atomic E-state index is 0.0582. The lowest BCUT2D eigenvalue weighted by molar-refractivity contribution is 0.122. The van der Waals surface area contributed by atoms with E-state index in [2.05, 4.69) is 19.8 Å². The Bertz CT molecular complexity index is 1050. The molecule has 0 aliphatic carbocycles. The second-order valence-electron chi connectivity index (χ2n) is 7.98. The summed E-state index contributed by atoms with van der Waals surface area (Å²) >= 11 is 6.21. The van der Waals surface area contributed by atoms with E-state index < -0.39 is 10.0 Å². The number of fused-ring (bicyclic) bond motifs is 3. The molecule has 0 spiro atoms. The van der Waals surface area contributed by atoms with Gasteiger partial charge < -0.3 is 14.2 Å². The molecular weight excluding hydrogens is 418 g/mol. The number of ether oxygens (including phenoxy) is 1. The van der Waals surface area contributed by atoms with Crippen molar-refractivity contribution >= 4 is 38.6 Å². The number of likely N-dealkylation sites (tertiary alicyclic amines) is 1. The molecule has 3 aliphatic rings. The van der Waals surface area contributed by atoms with Crippen molar-refractivity contribution in [2.24, 2.45) is 7.05 Å². The van der Waals surface area contributed by atoms with Crippen molar-refractivity contribution in [2.75, 3.05) is 50.5 Å². The van der Waals surface area contributed by atoms with Crippen molar-refractivity contribution in [3.8, 4) is 0 Å². The molecular formula is C17H24ClN7O3S. The fourth-order valence-corrected chi connectivity index (χ4v) is 5.99. The summed E-state index contributed by atoms with van der Waals surface area (Å²) in [4.78, 5) is 18.2. The molecule has 12 heteroatoms. The Labute approximate surface area is 174 Å². The summed E-state index contributed by atoms with van der Waals surface area (Å²) in [6.07, 6.45) is 2.17. The molecule has 0 N–H and O–H groups in total. The zero-order valence-electron chi connectivity index (χ0n) is 16.5. The van der Waals surface area contributed by atoms with E-state index in [1.807, 2.05) is 11.6 Å². The van der Waals surface area contributed by atoms with Gasteiger partial charge in [-0.05, 0) is 18.0 Å². The van der Waals surface area contributed by atoms with Gasteiger partial charge in [0, 0.05) is 45.3 Å². The molecule has 2 atom stereocenters. The van der Waals surface area contributed by atoms with Crippen LogP contribution in [0, 0.1) is 0 Å². The van der Waals surface area contributed by atoms with Gasteiger partial charge in [0.15, 0.2) is 17.0 Å². The van der Waals surface area contributed by atoms with Gasteiger partial charge >= 0.3 is 0 Å². The Balaban J connectivity index is 1.43. The lowest BCUT2D eigenvalue weighted by Crippen LogP contribution is -2.48. The lowest BCUT2D eigenvalue weighted by Gasteiger charge is -2.32. The third kappa shape index (κ3) is 3.38. The summed E-state index contributed by atoms with van der Waals surface area (Å²) in [5.41, 5.74) is 1.46. The summed E-state index contributed by atoms with van der Waals surface area (Å²) in [5, 5.41) is 0.206. The molecule has 0 unspecified atom stereocenters. The van der Waals surface area contributed by atoms with E-state index >= 15 is 0 Å². The highest BCUT2D eigenvalue weighted by Gasteiger charge is 2.46. The van der Waals surface area contributed by atoms with Crippen LogP contribution >= 0.6 is 11.6 Å². The zero-order chi connectivity index (χ0) is 20.3. The smallest absolute Gasteiger partial charge is 0.226 e. The molecule has 0 radical (unpaired) electrons. The third-order valence-corrected chi connectivity index (χ3v) is 7.62. The summed E-state index contributed by atoms with van der Waals surface area (Å²) in [6, 6.07) is 0.283. The van der Waals surface area contributed by atoms with E-state index in [9.17, 15) is 8.42 Å². The largest absolute Gasteiger partial charge is 0.378 e. The topological polar surface area (TPSA) is 96.7 Å². The predicted octanol–water partition coefficient (Wildman–Crippen LogP) is 0.0714. The number of hydrogen-bond donors (Lipinski definition) is 0. The number of piperazine rings is 1. The van der Waals surface area contributed by atoms with Gasteiger partial charge in [-0.1, -0.05) is 0 Å². The number of halogens is 1. The highest BCUT2D eigenvalue weighted by Crippen LogP contribution is 2.34. The maximum atomic E-state index is 11.9. The molecule has 0 saturated carbocycles. The molecule has 3 aliphatic heterocycles. The second kappa shape index (κ2) is 7.02. The van der Waals surface area contributed by atoms with Crippen LogP contribution in [0.25, 0.3) is 11.2 Å². The minimum atomic E-state index is -3.14. The van der Waals surface area contributed by atoms with E-state index in [-0.39, 0.29) is 17.4 Å². The molecule has 2 aromatic rings. The Morgan fingerprint density at radius 1 is 1.14 bits per heavy atom. The first-order valence-electron chi connectivity index (χ1n) is 9.73. The molecule has 2 aromatic heterocycles. The average molecular weight is 442 g/mol. The maximum Gasteiger partial charge on any atom is 0.226 e. The van der Waals surface area contributed by atoms with Crippen molar-refractivity contribution in [2.45, 2.75) is 25.0 Å². The fourth-order valence-electron chi connectivity index (χ4n) is 4.70. The molecule has 2 bridgehead atoms. The van der Waals surface area contributed by atoms with Crippen molar-refractivity contribution < 1.29 is 13.2 Å². The molecule has 5 heterocycles. The normalized spacial score (nSPS) is 26.1. The number of imidazole rings is 1. The molecule has 29 heavy (non-hydrogen) atoms. The first-order valence-corrected chi connectivity index (χ1v) is 12.0. The number of hydrogen-bond acceptors (Lipinski definition) is 8. The van der Waals surface area contributed by atoms with Gasteiger partial charge in [-0.3, -0.25) is 4.90 Å². The van der Waals surface area contributed by atoms with E-state index in [1.165, 1.54) is 6.26 Å². The van der Waals surface area contributed by atoms with Gasteiger partial charge in [-0.2, -0.15) is 14.3 Å². The SMILES string of the molecule is Cn1c(CN2C[C@@H]3C[C@H]2CN3S(C)(=O)=O)nc2c(N3CCOCC3)nc(Cl)nc21. The summed E-state index contributed by atoms with van der Waals surface area (Å²) < 4.78 is 32.9. The van der Waals surface area contributed by atoms with Gasteiger partial charge in [-0.25, -0.2) is 13.4 Å². The van der Waals surface area contributed by atoms with Crippen LogP contribution in [0.1, 0.15) is 12.2 Å². The van der Waals surface area contributed by atoms with Crippen molar-refractivity contribution in [1.82, 2.24) is 28.7 Å². The predicted molar refractivity (Wildman–Crippen MR) is 108 cm³/mol. The number of nitrogens with zero attached hydrogens (tertiary/aromatic N) is 7. The zero-order valence-corrected chi connectivity index (χ0v) is 18.0. The third-order valence-electron chi connectivity index (χ3n) is 6.15. The number of morpholine rings is 1. The highest BCUT2D eigenvalue weighted by molar-refractivity contribution is 7.88. The van der Waals surface area contributed by atoms with Crippen molar-refractivity contribution in [3.05, 3.63) is 11.1 Å². The average Bonchev–Trinajstić information content (AvgIpc) is 3.36. The molecule has 3 saturated heterocycles. The number of aryl methyl sites for hydroxylation is 1. The van der Waals surface area contributed by atoms with Gasteiger partial charge in [0.05, 0.1) is 26.0 Å². The monoisotopic (exact) mass is 441 g/mol. The first kappa shape index (κ1) is 19.4. The number of sulfonamides is 1. The summed E-state index contributed by atoms with van der Waals surface area (Å²) in [7, 11) is -1.21. The quantitative estimate of drug-likeness (QED) is 0.615. The summed E-state index contributed by atoms with van der Waals surface area (Å²) in [6.45, 7) is 4.71. The molecule has 0 amide bonds. The Hall–Kier alpha value is -1.53. The second-order valence-corrected chi connectivity index (χ2v) is 10.3. The number of rotatable bonds is 4. The van der Waals surface area contributed by atoms with Crippen LogP contribution in [0.2, 0.25) is 5.28 Å². The lowest BCUT2D eigenvalue weighted by atomic mass is 10.2. The molecule has 5 rings (SSSR count). The number of aromatic nitrogens is 4. The number of anilines is 1. The van der Waals surface area contributed by atoms with Gasteiger partial charge in [0.25, 0.3) is 0 Å². The van der Waals surface area contributed by atoms with Crippen LogP contribution in [0.5, 0.6) is 0 Å². The van der Waals surface area contributed by atoms with Gasteiger partial charge in [0.1, 0.15) is 5.82 Å². The van der Waals surface area contributed by atoms with Gasteiger partial charge in [0.2, 0.25) is 15.3 Å². The van der Waals surface area contributed by atoms with E-state index in [0.717, 1.165) is 43.2 Å². The Morgan fingerprint density at radius 2 is 1.90 bits per heavy atom. The maximum absolute atomic E-state index is 11.9. The molecule has 3 fully saturated rings. The minimum Gasteiger partial charge on any atom is -0.378 e. The molecule has 158 valence electrons.